The average molecular weight is 364 g/mol. The van der Waals surface area contributed by atoms with Gasteiger partial charge in [-0.1, -0.05) is 43.7 Å². The van der Waals surface area contributed by atoms with Gasteiger partial charge >= 0.3 is 0 Å². The summed E-state index contributed by atoms with van der Waals surface area (Å²) in [6.45, 7) is 7.39. The highest BCUT2D eigenvalue weighted by Gasteiger charge is 2.44. The summed E-state index contributed by atoms with van der Waals surface area (Å²) < 4.78 is 0. The predicted molar refractivity (Wildman–Crippen MR) is 101 cm³/mol. The van der Waals surface area contributed by atoms with Gasteiger partial charge in [-0.2, -0.15) is 5.26 Å². The number of hydrogen-bond acceptors (Lipinski definition) is 5. The molecule has 0 saturated carbocycles. The normalized spacial score (nSPS) is 21.7. The van der Waals surface area contributed by atoms with Crippen molar-refractivity contribution in [3.05, 3.63) is 58.1 Å². The van der Waals surface area contributed by atoms with Crippen LogP contribution in [0.1, 0.15) is 50.7 Å². The molecule has 0 bridgehead atoms. The van der Waals surface area contributed by atoms with E-state index in [0.29, 0.717) is 24.1 Å². The second kappa shape index (κ2) is 6.58. The Hall–Kier alpha value is -3.07. The van der Waals surface area contributed by atoms with Gasteiger partial charge in [-0.25, -0.2) is 5.01 Å². The maximum absolute atomic E-state index is 13.1. The molecule has 27 heavy (non-hydrogen) atoms. The van der Waals surface area contributed by atoms with Crippen LogP contribution in [0.15, 0.2) is 46.9 Å². The van der Waals surface area contributed by atoms with Crippen LogP contribution >= 0.6 is 0 Å². The number of nitrogens with two attached hydrogens (primary N) is 1. The van der Waals surface area contributed by atoms with E-state index in [1.54, 1.807) is 0 Å². The third-order valence-corrected chi connectivity index (χ3v) is 5.06. The lowest BCUT2D eigenvalue weighted by Gasteiger charge is -2.43. The number of rotatable bonds is 2. The summed E-state index contributed by atoms with van der Waals surface area (Å²) in [6, 6.07) is 9.94. The minimum absolute atomic E-state index is 0.0116. The van der Waals surface area contributed by atoms with E-state index < -0.39 is 5.92 Å². The zero-order valence-corrected chi connectivity index (χ0v) is 16.1. The van der Waals surface area contributed by atoms with E-state index in [1.807, 2.05) is 45.0 Å². The van der Waals surface area contributed by atoms with E-state index >= 15 is 0 Å². The summed E-state index contributed by atoms with van der Waals surface area (Å²) in [6.07, 6.45) is 0.969. The molecule has 0 radical (unpaired) electrons. The second-order valence-corrected chi connectivity index (χ2v) is 8.06. The minimum atomic E-state index is -0.515. The number of allylic oxidation sites excluding steroid dienone is 3. The Labute approximate surface area is 159 Å². The summed E-state index contributed by atoms with van der Waals surface area (Å²) in [5.74, 6) is -0.670. The molecule has 1 heterocycles. The van der Waals surface area contributed by atoms with Gasteiger partial charge in [0.1, 0.15) is 5.82 Å². The van der Waals surface area contributed by atoms with E-state index in [4.69, 9.17) is 5.73 Å². The van der Waals surface area contributed by atoms with Gasteiger partial charge in [-0.3, -0.25) is 15.0 Å². The molecule has 0 fully saturated rings. The van der Waals surface area contributed by atoms with Crippen molar-refractivity contribution in [2.24, 2.45) is 11.1 Å². The quantitative estimate of drug-likeness (QED) is 0.841. The fraction of sp³-hybridized carbons (Fsp3) is 0.381. The SMILES string of the molecule is CC(=O)NN1C(N)=C(C#N)C(c2ccc(C)cc2)C2=C1CC(C)(C)CC2=O. The first-order valence-corrected chi connectivity index (χ1v) is 8.94. The number of ketones is 1. The smallest absolute Gasteiger partial charge is 0.235 e. The fourth-order valence-corrected chi connectivity index (χ4v) is 3.89. The standard InChI is InChI=1S/C21H24N4O2/c1-12-5-7-14(8-6-12)18-15(11-22)20(23)25(24-13(2)26)16-9-21(3,4)10-17(27)19(16)18/h5-8,18H,9-10,23H2,1-4H3,(H,24,26). The Kier molecular flexibility index (Phi) is 4.56. The van der Waals surface area contributed by atoms with Crippen LogP contribution in [0.2, 0.25) is 0 Å². The molecule has 1 aromatic rings. The number of amides is 1. The van der Waals surface area contributed by atoms with Crippen molar-refractivity contribution < 1.29 is 9.59 Å². The zero-order valence-electron chi connectivity index (χ0n) is 16.1. The number of hydrogen-bond donors (Lipinski definition) is 2. The number of benzene rings is 1. The largest absolute Gasteiger partial charge is 0.383 e. The molecule has 0 spiro atoms. The highest BCUT2D eigenvalue weighted by Crippen LogP contribution is 2.48. The number of hydrazine groups is 1. The topological polar surface area (TPSA) is 99.2 Å². The van der Waals surface area contributed by atoms with E-state index in [-0.39, 0.29) is 28.5 Å². The van der Waals surface area contributed by atoms with Gasteiger partial charge in [0.2, 0.25) is 5.91 Å². The number of nitriles is 1. The third kappa shape index (κ3) is 3.33. The monoisotopic (exact) mass is 364 g/mol. The molecule has 1 aliphatic carbocycles. The van der Waals surface area contributed by atoms with Crippen molar-refractivity contribution in [3.63, 3.8) is 0 Å². The second-order valence-electron chi connectivity index (χ2n) is 8.06. The summed E-state index contributed by atoms with van der Waals surface area (Å²) in [4.78, 5) is 24.9. The first-order chi connectivity index (χ1) is 12.6. The fourth-order valence-electron chi connectivity index (χ4n) is 3.89. The number of nitrogens with one attached hydrogen (secondary N) is 1. The van der Waals surface area contributed by atoms with Crippen LogP contribution in [-0.2, 0) is 9.59 Å². The molecule has 0 saturated heterocycles. The summed E-state index contributed by atoms with van der Waals surface area (Å²) >= 11 is 0. The van der Waals surface area contributed by atoms with Crippen LogP contribution < -0.4 is 11.2 Å². The van der Waals surface area contributed by atoms with Gasteiger partial charge in [-0.05, 0) is 24.3 Å². The van der Waals surface area contributed by atoms with E-state index in [0.717, 1.165) is 11.1 Å². The molecule has 2 aliphatic rings. The third-order valence-electron chi connectivity index (χ3n) is 5.06. The van der Waals surface area contributed by atoms with Gasteiger partial charge in [0.05, 0.1) is 23.3 Å². The maximum Gasteiger partial charge on any atom is 0.235 e. The van der Waals surface area contributed by atoms with Gasteiger partial charge in [0.15, 0.2) is 5.78 Å². The van der Waals surface area contributed by atoms with Gasteiger partial charge in [0.25, 0.3) is 0 Å². The highest BCUT2D eigenvalue weighted by atomic mass is 16.2. The molecule has 6 heteroatoms. The Morgan fingerprint density at radius 2 is 1.93 bits per heavy atom. The van der Waals surface area contributed by atoms with Crippen LogP contribution in [0.4, 0.5) is 0 Å². The van der Waals surface area contributed by atoms with Crippen molar-refractivity contribution in [2.45, 2.75) is 46.5 Å². The molecular weight excluding hydrogens is 340 g/mol. The molecule has 1 atom stereocenters. The van der Waals surface area contributed by atoms with Gasteiger partial charge < -0.3 is 5.73 Å². The first kappa shape index (κ1) is 18.7. The number of carbonyl (C=O) groups excluding carboxylic acids is 2. The lowest BCUT2D eigenvalue weighted by molar-refractivity contribution is -0.123. The molecule has 1 aliphatic heterocycles. The van der Waals surface area contributed by atoms with Crippen molar-refractivity contribution in [3.8, 4) is 6.07 Å². The van der Waals surface area contributed by atoms with Crippen molar-refractivity contribution in [1.82, 2.24) is 10.4 Å². The van der Waals surface area contributed by atoms with Crippen LogP contribution in [0, 0.1) is 23.7 Å². The Bertz CT molecular complexity index is 916. The molecular formula is C21H24N4O2. The van der Waals surface area contributed by atoms with Crippen LogP contribution in [0.3, 0.4) is 0 Å². The summed E-state index contributed by atoms with van der Waals surface area (Å²) in [5, 5.41) is 11.2. The number of Topliss-reactive ketones (excluding diaryl/α,β-unsaturated/α-hetero) is 1. The minimum Gasteiger partial charge on any atom is -0.383 e. The Balaban J connectivity index is 2.25. The van der Waals surface area contributed by atoms with Crippen LogP contribution in [0.5, 0.6) is 0 Å². The number of nitrogens with zero attached hydrogens (tertiary/aromatic N) is 2. The average Bonchev–Trinajstić information content (AvgIpc) is 2.57. The lowest BCUT2D eigenvalue weighted by atomic mass is 9.69. The Morgan fingerprint density at radius 3 is 2.48 bits per heavy atom. The van der Waals surface area contributed by atoms with E-state index in [2.05, 4.69) is 11.5 Å². The number of aryl methyl sites for hydroxylation is 1. The molecule has 140 valence electrons. The van der Waals surface area contributed by atoms with Crippen LogP contribution in [-0.4, -0.2) is 16.7 Å². The van der Waals surface area contributed by atoms with Gasteiger partial charge in [-0.15, -0.1) is 0 Å². The first-order valence-electron chi connectivity index (χ1n) is 8.94. The lowest BCUT2D eigenvalue weighted by Crippen LogP contribution is -2.49. The number of carbonyl (C=O) groups is 2. The molecule has 6 nitrogen and oxygen atoms in total. The maximum atomic E-state index is 13.1. The van der Waals surface area contributed by atoms with Gasteiger partial charge in [0, 0.05) is 18.9 Å². The van der Waals surface area contributed by atoms with E-state index in [9.17, 15) is 14.9 Å². The van der Waals surface area contributed by atoms with Crippen molar-refractivity contribution >= 4 is 11.7 Å². The molecule has 0 aromatic heterocycles. The highest BCUT2D eigenvalue weighted by molar-refractivity contribution is 6.00. The summed E-state index contributed by atoms with van der Waals surface area (Å²) in [5.41, 5.74) is 12.2. The van der Waals surface area contributed by atoms with Crippen molar-refractivity contribution in [2.75, 3.05) is 0 Å². The predicted octanol–water partition coefficient (Wildman–Crippen LogP) is 2.78. The Morgan fingerprint density at radius 1 is 1.30 bits per heavy atom. The molecule has 3 rings (SSSR count). The van der Waals surface area contributed by atoms with Crippen LogP contribution in [0.25, 0.3) is 0 Å². The molecule has 1 aromatic carbocycles. The molecule has 3 N–H and O–H groups in total. The summed E-state index contributed by atoms with van der Waals surface area (Å²) in [7, 11) is 0. The van der Waals surface area contributed by atoms with Crippen molar-refractivity contribution in [1.29, 1.82) is 5.26 Å². The molecule has 1 amide bonds. The van der Waals surface area contributed by atoms with E-state index in [1.165, 1.54) is 11.9 Å². The zero-order chi connectivity index (χ0) is 19.9. The molecule has 1 unspecified atom stereocenters.